The van der Waals surface area contributed by atoms with Crippen molar-refractivity contribution >= 4 is 5.97 Å². The van der Waals surface area contributed by atoms with E-state index >= 15 is 0 Å². The molecule has 0 rings (SSSR count). The molecule has 0 bridgehead atoms. The third kappa shape index (κ3) is 11.4. The highest BCUT2D eigenvalue weighted by molar-refractivity contribution is 5.71. The lowest BCUT2D eigenvalue weighted by molar-refractivity contribution is -0.147. The number of carbonyl (C=O) groups is 1. The molecule has 3 heteroatoms. The third-order valence-electron chi connectivity index (χ3n) is 1.25. The van der Waals surface area contributed by atoms with E-state index in [1.807, 2.05) is 46.7 Å². The zero-order valence-corrected chi connectivity index (χ0v) is 9.76. The summed E-state index contributed by atoms with van der Waals surface area (Å²) in [6.07, 6.45) is 0. The summed E-state index contributed by atoms with van der Waals surface area (Å²) in [4.78, 5) is 12.9. The summed E-state index contributed by atoms with van der Waals surface area (Å²) in [6, 6.07) is 0. The highest BCUT2D eigenvalue weighted by atomic mass is 16.5. The van der Waals surface area contributed by atoms with Crippen LogP contribution in [0.3, 0.4) is 0 Å². The lowest BCUT2D eigenvalue weighted by atomic mass is 10.2. The number of hydrogen-bond donors (Lipinski definition) is 0. The highest BCUT2D eigenvalue weighted by Crippen LogP contribution is 1.94. The maximum Gasteiger partial charge on any atom is 0.308 e. The van der Waals surface area contributed by atoms with Crippen LogP contribution >= 0.6 is 0 Å². The normalized spacial score (nSPS) is 9.54. The molecule has 0 aliphatic heterocycles. The van der Waals surface area contributed by atoms with Gasteiger partial charge in [-0.2, -0.15) is 0 Å². The second kappa shape index (κ2) is 9.52. The Labute approximate surface area is 82.1 Å². The molecule has 0 aromatic rings. The van der Waals surface area contributed by atoms with Crippen LogP contribution in [-0.4, -0.2) is 38.1 Å². The quantitative estimate of drug-likeness (QED) is 0.631. The number of ether oxygens (including phenoxy) is 1. The fraction of sp³-hybridized carbons (Fsp3) is 0.900. The van der Waals surface area contributed by atoms with Crippen LogP contribution in [0, 0.1) is 5.92 Å². The Kier molecular flexibility index (Phi) is 10.9. The van der Waals surface area contributed by atoms with Gasteiger partial charge >= 0.3 is 5.97 Å². The van der Waals surface area contributed by atoms with Gasteiger partial charge in [-0.3, -0.25) is 4.79 Å². The first-order valence-electron chi connectivity index (χ1n) is 4.85. The topological polar surface area (TPSA) is 29.5 Å². The Morgan fingerprint density at radius 3 is 2.08 bits per heavy atom. The predicted octanol–water partition coefficient (Wildman–Crippen LogP) is 1.77. The molecule has 0 heterocycles. The predicted molar refractivity (Wildman–Crippen MR) is 55.7 cm³/mol. The van der Waals surface area contributed by atoms with E-state index in [9.17, 15) is 4.79 Å². The van der Waals surface area contributed by atoms with Crippen LogP contribution in [0.2, 0.25) is 0 Å². The van der Waals surface area contributed by atoms with Crippen molar-refractivity contribution in [1.29, 1.82) is 0 Å². The summed E-state index contributed by atoms with van der Waals surface area (Å²) in [6.45, 7) is 8.94. The highest BCUT2D eigenvalue weighted by Gasteiger charge is 2.06. The smallest absolute Gasteiger partial charge is 0.308 e. The standard InChI is InChI=1S/C8H17NO2.C2H6/c1-7(2)8(10)11-6-5-9(3)4;1-2/h7H,5-6H2,1-4H3;1-2H3. The Bertz CT molecular complexity index is 122. The summed E-state index contributed by atoms with van der Waals surface area (Å²) in [7, 11) is 3.90. The Balaban J connectivity index is 0. The molecule has 0 amide bonds. The van der Waals surface area contributed by atoms with E-state index in [0.717, 1.165) is 6.54 Å². The van der Waals surface area contributed by atoms with Gasteiger partial charge in [-0.25, -0.2) is 0 Å². The van der Waals surface area contributed by atoms with Gasteiger partial charge in [-0.1, -0.05) is 27.7 Å². The van der Waals surface area contributed by atoms with Gasteiger partial charge in [0, 0.05) is 6.54 Å². The molecule has 0 unspecified atom stereocenters. The van der Waals surface area contributed by atoms with Gasteiger partial charge in [0.15, 0.2) is 0 Å². The first kappa shape index (κ1) is 14.9. The average molecular weight is 189 g/mol. The fourth-order valence-corrected chi connectivity index (χ4v) is 0.495. The molecule has 80 valence electrons. The molecule has 0 spiro atoms. The number of esters is 1. The molecule has 0 N–H and O–H groups in total. The number of likely N-dealkylation sites (N-methyl/N-ethyl adjacent to an activating group) is 1. The van der Waals surface area contributed by atoms with Crippen molar-refractivity contribution in [3.63, 3.8) is 0 Å². The molecule has 13 heavy (non-hydrogen) atoms. The van der Waals surface area contributed by atoms with Crippen molar-refractivity contribution in [3.05, 3.63) is 0 Å². The van der Waals surface area contributed by atoms with E-state index in [1.54, 1.807) is 0 Å². The lowest BCUT2D eigenvalue weighted by Crippen LogP contribution is -2.21. The van der Waals surface area contributed by atoms with E-state index in [2.05, 4.69) is 0 Å². The van der Waals surface area contributed by atoms with Gasteiger partial charge < -0.3 is 9.64 Å². The van der Waals surface area contributed by atoms with Gasteiger partial charge in [0.05, 0.1) is 5.92 Å². The van der Waals surface area contributed by atoms with Crippen LogP contribution in [-0.2, 0) is 9.53 Å². The number of carbonyl (C=O) groups excluding carboxylic acids is 1. The maximum atomic E-state index is 10.9. The van der Waals surface area contributed by atoms with Crippen LogP contribution in [0.15, 0.2) is 0 Å². The molecule has 0 aliphatic carbocycles. The van der Waals surface area contributed by atoms with Crippen molar-refractivity contribution in [2.24, 2.45) is 5.92 Å². The molecule has 0 saturated heterocycles. The minimum Gasteiger partial charge on any atom is -0.464 e. The fourth-order valence-electron chi connectivity index (χ4n) is 0.495. The van der Waals surface area contributed by atoms with Gasteiger partial charge in [-0.05, 0) is 14.1 Å². The molecule has 0 fully saturated rings. The molecular formula is C10H23NO2. The van der Waals surface area contributed by atoms with Crippen molar-refractivity contribution in [2.75, 3.05) is 27.2 Å². The summed E-state index contributed by atoms with van der Waals surface area (Å²) in [5.74, 6) is -0.135. The summed E-state index contributed by atoms with van der Waals surface area (Å²) >= 11 is 0. The average Bonchev–Trinajstić information content (AvgIpc) is 2.07. The molecule has 0 aromatic carbocycles. The zero-order chi connectivity index (χ0) is 10.9. The first-order valence-corrected chi connectivity index (χ1v) is 4.85. The van der Waals surface area contributed by atoms with Crippen LogP contribution < -0.4 is 0 Å². The second-order valence-electron chi connectivity index (χ2n) is 3.13. The number of nitrogens with zero attached hydrogens (tertiary/aromatic N) is 1. The third-order valence-corrected chi connectivity index (χ3v) is 1.25. The monoisotopic (exact) mass is 189 g/mol. The van der Waals surface area contributed by atoms with Gasteiger partial charge in [0.1, 0.15) is 6.61 Å². The van der Waals surface area contributed by atoms with Crippen LogP contribution in [0.25, 0.3) is 0 Å². The first-order chi connectivity index (χ1) is 6.04. The summed E-state index contributed by atoms with van der Waals surface area (Å²) in [5, 5.41) is 0. The van der Waals surface area contributed by atoms with Crippen molar-refractivity contribution in [1.82, 2.24) is 4.90 Å². The summed E-state index contributed by atoms with van der Waals surface area (Å²) in [5.41, 5.74) is 0. The Morgan fingerprint density at radius 1 is 1.31 bits per heavy atom. The van der Waals surface area contributed by atoms with E-state index in [-0.39, 0.29) is 11.9 Å². The minimum absolute atomic E-state index is 0.0165. The number of rotatable bonds is 4. The SMILES string of the molecule is CC.CC(C)C(=O)OCCN(C)C. The Morgan fingerprint density at radius 2 is 1.77 bits per heavy atom. The van der Waals surface area contributed by atoms with Crippen molar-refractivity contribution < 1.29 is 9.53 Å². The summed E-state index contributed by atoms with van der Waals surface area (Å²) < 4.78 is 4.93. The van der Waals surface area contributed by atoms with Gasteiger partial charge in [-0.15, -0.1) is 0 Å². The molecule has 0 radical (unpaired) electrons. The molecule has 0 saturated carbocycles. The zero-order valence-electron chi connectivity index (χ0n) is 9.76. The van der Waals surface area contributed by atoms with E-state index in [0.29, 0.717) is 6.61 Å². The van der Waals surface area contributed by atoms with E-state index in [4.69, 9.17) is 4.74 Å². The Hall–Kier alpha value is -0.570. The number of hydrogen-bond acceptors (Lipinski definition) is 3. The largest absolute Gasteiger partial charge is 0.464 e. The van der Waals surface area contributed by atoms with Crippen LogP contribution in [0.5, 0.6) is 0 Å². The lowest BCUT2D eigenvalue weighted by Gasteiger charge is -2.10. The van der Waals surface area contributed by atoms with Gasteiger partial charge in [0.2, 0.25) is 0 Å². The second-order valence-corrected chi connectivity index (χ2v) is 3.13. The van der Waals surface area contributed by atoms with Crippen molar-refractivity contribution in [3.8, 4) is 0 Å². The van der Waals surface area contributed by atoms with E-state index in [1.165, 1.54) is 0 Å². The molecule has 3 nitrogen and oxygen atoms in total. The molecular weight excluding hydrogens is 166 g/mol. The maximum absolute atomic E-state index is 10.9. The minimum atomic E-state index is -0.119. The van der Waals surface area contributed by atoms with Crippen LogP contribution in [0.4, 0.5) is 0 Å². The van der Waals surface area contributed by atoms with E-state index < -0.39 is 0 Å². The molecule has 0 aliphatic rings. The molecule has 0 aromatic heterocycles. The van der Waals surface area contributed by atoms with Crippen molar-refractivity contribution in [2.45, 2.75) is 27.7 Å². The van der Waals surface area contributed by atoms with Gasteiger partial charge in [0.25, 0.3) is 0 Å². The molecule has 0 atom stereocenters. The van der Waals surface area contributed by atoms with Crippen LogP contribution in [0.1, 0.15) is 27.7 Å².